The van der Waals surface area contributed by atoms with Gasteiger partial charge in [-0.1, -0.05) is 0 Å². The van der Waals surface area contributed by atoms with Gasteiger partial charge >= 0.3 is 6.00 Å². The monoisotopic (exact) mass is 192 g/mol. The molecule has 0 amide bonds. The average Bonchev–Trinajstić information content (AvgIpc) is 1.62. The zero-order valence-electron chi connectivity index (χ0n) is 4.62. The van der Waals surface area contributed by atoms with E-state index in [4.69, 9.17) is 38.0 Å². The fourth-order valence-corrected chi connectivity index (χ4v) is 1.20. The van der Waals surface area contributed by atoms with Crippen LogP contribution in [0.3, 0.4) is 0 Å². The lowest BCUT2D eigenvalue weighted by Crippen LogP contribution is -2.29. The molecule has 0 aromatic heterocycles. The Morgan fingerprint density at radius 2 is 1.75 bits per heavy atom. The van der Waals surface area contributed by atoms with E-state index in [2.05, 4.69) is 0 Å². The zero-order chi connectivity index (χ0) is 6.78. The van der Waals surface area contributed by atoms with E-state index in [-0.39, 0.29) is 5.73 Å². The molecular weight excluding hydrogens is 186 g/mol. The first-order valence-corrected chi connectivity index (χ1v) is 7.19. The van der Waals surface area contributed by atoms with E-state index in [1.165, 1.54) is 7.11 Å². The van der Waals surface area contributed by atoms with Crippen molar-refractivity contribution in [1.29, 1.82) is 0 Å². The molecule has 0 bridgehead atoms. The molecular formula is C3H7Cl3OSi. The van der Waals surface area contributed by atoms with Crippen molar-refractivity contribution in [2.24, 2.45) is 0 Å². The first-order valence-electron chi connectivity index (χ1n) is 2.08. The van der Waals surface area contributed by atoms with Gasteiger partial charge in [0, 0.05) is 7.11 Å². The van der Waals surface area contributed by atoms with Crippen LogP contribution in [-0.4, -0.2) is 18.8 Å². The van der Waals surface area contributed by atoms with Gasteiger partial charge in [-0.15, -0.1) is 33.2 Å². The van der Waals surface area contributed by atoms with E-state index in [0.717, 1.165) is 0 Å². The summed E-state index contributed by atoms with van der Waals surface area (Å²) >= 11 is 16.6. The Balaban J connectivity index is 3.62. The minimum absolute atomic E-state index is 0.215. The smallest absolute Gasteiger partial charge is 0.368 e. The maximum Gasteiger partial charge on any atom is 0.368 e. The molecule has 0 aliphatic rings. The molecule has 0 spiro atoms. The Hall–Kier alpha value is 1.05. The molecule has 0 N–H and O–H groups in total. The van der Waals surface area contributed by atoms with Crippen LogP contribution in [0.25, 0.3) is 0 Å². The SMILES string of the molecule is COC(C)[Si](Cl)(Cl)Cl. The van der Waals surface area contributed by atoms with Gasteiger partial charge in [0.05, 0.1) is 5.73 Å². The third-order valence-corrected chi connectivity index (χ3v) is 4.74. The topological polar surface area (TPSA) is 9.23 Å². The van der Waals surface area contributed by atoms with Crippen LogP contribution in [0.15, 0.2) is 0 Å². The molecule has 0 fully saturated rings. The fraction of sp³-hybridized carbons (Fsp3) is 1.00. The Kier molecular flexibility index (Phi) is 3.70. The van der Waals surface area contributed by atoms with Gasteiger partial charge in [-0.05, 0) is 6.92 Å². The number of methoxy groups -OCH3 is 1. The summed E-state index contributed by atoms with van der Waals surface area (Å²) in [5, 5.41) is 0. The van der Waals surface area contributed by atoms with E-state index in [0.29, 0.717) is 0 Å². The molecule has 0 aromatic carbocycles. The van der Waals surface area contributed by atoms with E-state index < -0.39 is 6.00 Å². The van der Waals surface area contributed by atoms with E-state index in [1.807, 2.05) is 0 Å². The standard InChI is InChI=1S/C3H7Cl3OSi/c1-3(7-2)8(4,5)6/h3H,1-2H3. The number of ether oxygens (including phenoxy) is 1. The summed E-state index contributed by atoms with van der Waals surface area (Å²) in [4.78, 5) is 0. The van der Waals surface area contributed by atoms with Crippen LogP contribution in [0.4, 0.5) is 0 Å². The maximum atomic E-state index is 5.53. The lowest BCUT2D eigenvalue weighted by Gasteiger charge is -2.14. The summed E-state index contributed by atoms with van der Waals surface area (Å²) in [6.45, 7) is 1.75. The van der Waals surface area contributed by atoms with E-state index in [9.17, 15) is 0 Å². The van der Waals surface area contributed by atoms with Gasteiger partial charge in [0.1, 0.15) is 0 Å². The number of rotatable bonds is 2. The highest BCUT2D eigenvalue weighted by molar-refractivity contribution is 7.65. The number of halogens is 3. The summed E-state index contributed by atoms with van der Waals surface area (Å²) in [5.41, 5.74) is -0.215. The molecule has 8 heavy (non-hydrogen) atoms. The van der Waals surface area contributed by atoms with Gasteiger partial charge in [-0.3, -0.25) is 0 Å². The van der Waals surface area contributed by atoms with Crippen molar-refractivity contribution in [2.45, 2.75) is 12.7 Å². The minimum atomic E-state index is -2.57. The third-order valence-electron chi connectivity index (χ3n) is 0.815. The van der Waals surface area contributed by atoms with Crippen LogP contribution in [0.5, 0.6) is 0 Å². The van der Waals surface area contributed by atoms with Gasteiger partial charge < -0.3 is 4.74 Å². The average molecular weight is 194 g/mol. The van der Waals surface area contributed by atoms with Gasteiger partial charge in [0.2, 0.25) is 0 Å². The highest BCUT2D eigenvalue weighted by Gasteiger charge is 2.33. The van der Waals surface area contributed by atoms with Crippen molar-refractivity contribution in [2.75, 3.05) is 7.11 Å². The molecule has 0 radical (unpaired) electrons. The van der Waals surface area contributed by atoms with Crippen molar-refractivity contribution in [3.63, 3.8) is 0 Å². The van der Waals surface area contributed by atoms with Crippen molar-refractivity contribution < 1.29 is 4.74 Å². The minimum Gasteiger partial charge on any atom is -0.381 e. The van der Waals surface area contributed by atoms with Crippen LogP contribution in [0, 0.1) is 0 Å². The molecule has 0 heterocycles. The largest absolute Gasteiger partial charge is 0.381 e. The lowest BCUT2D eigenvalue weighted by molar-refractivity contribution is 0.178. The Bertz CT molecular complexity index is 71.4. The normalized spacial score (nSPS) is 16.1. The highest BCUT2D eigenvalue weighted by Crippen LogP contribution is 2.25. The Morgan fingerprint density at radius 1 is 1.38 bits per heavy atom. The Labute approximate surface area is 64.0 Å². The highest BCUT2D eigenvalue weighted by atomic mass is 35.8. The molecule has 50 valence electrons. The number of hydrogen-bond donors (Lipinski definition) is 0. The first-order chi connectivity index (χ1) is 3.48. The Morgan fingerprint density at radius 3 is 1.75 bits per heavy atom. The van der Waals surface area contributed by atoms with Crippen molar-refractivity contribution in [3.8, 4) is 0 Å². The molecule has 0 saturated heterocycles. The zero-order valence-corrected chi connectivity index (χ0v) is 7.89. The van der Waals surface area contributed by atoms with Crippen molar-refractivity contribution in [3.05, 3.63) is 0 Å². The summed E-state index contributed by atoms with van der Waals surface area (Å²) in [6.07, 6.45) is 0. The van der Waals surface area contributed by atoms with Crippen LogP contribution in [0.1, 0.15) is 6.92 Å². The second-order valence-electron chi connectivity index (χ2n) is 1.42. The van der Waals surface area contributed by atoms with Crippen molar-refractivity contribution in [1.82, 2.24) is 0 Å². The van der Waals surface area contributed by atoms with Gasteiger partial charge in [-0.2, -0.15) is 0 Å². The summed E-state index contributed by atoms with van der Waals surface area (Å²) in [7, 11) is 1.53. The second-order valence-corrected chi connectivity index (χ2v) is 10.4. The summed E-state index contributed by atoms with van der Waals surface area (Å²) in [6, 6.07) is -2.57. The summed E-state index contributed by atoms with van der Waals surface area (Å²) in [5.74, 6) is 0. The van der Waals surface area contributed by atoms with Gasteiger partial charge in [0.25, 0.3) is 0 Å². The van der Waals surface area contributed by atoms with Crippen LogP contribution in [0.2, 0.25) is 0 Å². The molecule has 0 aromatic rings. The molecule has 1 unspecified atom stereocenters. The third kappa shape index (κ3) is 3.15. The molecule has 0 aliphatic heterocycles. The predicted molar refractivity (Wildman–Crippen MR) is 39.8 cm³/mol. The van der Waals surface area contributed by atoms with Gasteiger partial charge in [0.15, 0.2) is 0 Å². The molecule has 0 aliphatic carbocycles. The van der Waals surface area contributed by atoms with Crippen LogP contribution >= 0.6 is 33.2 Å². The fourth-order valence-electron chi connectivity index (χ4n) is 0.134. The van der Waals surface area contributed by atoms with E-state index in [1.54, 1.807) is 6.92 Å². The molecule has 0 rings (SSSR count). The summed E-state index contributed by atoms with van der Waals surface area (Å²) < 4.78 is 4.78. The molecule has 1 nitrogen and oxygen atoms in total. The van der Waals surface area contributed by atoms with Crippen LogP contribution in [-0.2, 0) is 4.74 Å². The molecule has 0 saturated carbocycles. The quantitative estimate of drug-likeness (QED) is 0.483. The molecule has 5 heteroatoms. The second kappa shape index (κ2) is 3.27. The van der Waals surface area contributed by atoms with Crippen LogP contribution < -0.4 is 0 Å². The lowest BCUT2D eigenvalue weighted by atomic mass is 10.9. The van der Waals surface area contributed by atoms with Gasteiger partial charge in [-0.25, -0.2) is 0 Å². The number of hydrogen-bond acceptors (Lipinski definition) is 1. The predicted octanol–water partition coefficient (Wildman–Crippen LogP) is 2.22. The van der Waals surface area contributed by atoms with E-state index >= 15 is 0 Å². The first kappa shape index (κ1) is 9.05. The maximum absolute atomic E-state index is 5.53. The van der Waals surface area contributed by atoms with Crippen molar-refractivity contribution >= 4 is 39.2 Å². The molecule has 1 atom stereocenters.